The van der Waals surface area contributed by atoms with Crippen LogP contribution in [0.1, 0.15) is 18.1 Å². The fourth-order valence-electron chi connectivity index (χ4n) is 2.94. The molecule has 0 aliphatic carbocycles. The van der Waals surface area contributed by atoms with E-state index >= 15 is 0 Å². The Morgan fingerprint density at radius 3 is 2.58 bits per heavy atom. The van der Waals surface area contributed by atoms with Crippen molar-refractivity contribution in [2.24, 2.45) is 0 Å². The lowest BCUT2D eigenvalue weighted by atomic mass is 10.0. The standard InChI is InChI=1S/C20H22N2O2/c1-13-4-6-15(7-5-13)20-17(10-11-21-14(2)23)18-12-16(24-3)8-9-19(18)22-20/h4-9,12,22H,10-11H2,1-3H3,(H,21,23). The van der Waals surface area contributed by atoms with Crippen LogP contribution in [-0.2, 0) is 11.2 Å². The number of benzene rings is 2. The Morgan fingerprint density at radius 2 is 1.92 bits per heavy atom. The molecule has 0 bridgehead atoms. The predicted molar refractivity (Wildman–Crippen MR) is 97.4 cm³/mol. The van der Waals surface area contributed by atoms with E-state index in [1.807, 2.05) is 18.2 Å². The number of methoxy groups -OCH3 is 1. The maximum atomic E-state index is 11.2. The first-order chi connectivity index (χ1) is 11.6. The number of carbonyl (C=O) groups excluding carboxylic acids is 1. The Hall–Kier alpha value is -2.75. The Balaban J connectivity index is 2.08. The van der Waals surface area contributed by atoms with Crippen LogP contribution in [0.2, 0.25) is 0 Å². The van der Waals surface area contributed by atoms with E-state index in [0.717, 1.165) is 34.3 Å². The second kappa shape index (κ2) is 6.79. The topological polar surface area (TPSA) is 54.1 Å². The molecule has 0 aliphatic heterocycles. The first-order valence-corrected chi connectivity index (χ1v) is 8.08. The van der Waals surface area contributed by atoms with Crippen LogP contribution >= 0.6 is 0 Å². The minimum Gasteiger partial charge on any atom is -0.497 e. The summed E-state index contributed by atoms with van der Waals surface area (Å²) in [5.74, 6) is 0.821. The van der Waals surface area contributed by atoms with Crippen LogP contribution in [-0.4, -0.2) is 24.5 Å². The van der Waals surface area contributed by atoms with Gasteiger partial charge in [-0.15, -0.1) is 0 Å². The van der Waals surface area contributed by atoms with Crippen molar-refractivity contribution in [2.75, 3.05) is 13.7 Å². The number of carbonyl (C=O) groups is 1. The molecule has 1 aromatic heterocycles. The third kappa shape index (κ3) is 3.27. The van der Waals surface area contributed by atoms with E-state index in [-0.39, 0.29) is 5.91 Å². The number of amides is 1. The summed E-state index contributed by atoms with van der Waals surface area (Å²) in [4.78, 5) is 14.7. The zero-order valence-corrected chi connectivity index (χ0v) is 14.3. The highest BCUT2D eigenvalue weighted by molar-refractivity contribution is 5.92. The lowest BCUT2D eigenvalue weighted by Crippen LogP contribution is -2.22. The molecular weight excluding hydrogens is 300 g/mol. The number of aromatic amines is 1. The van der Waals surface area contributed by atoms with Crippen molar-refractivity contribution < 1.29 is 9.53 Å². The van der Waals surface area contributed by atoms with Crippen LogP contribution in [0.5, 0.6) is 5.75 Å². The summed E-state index contributed by atoms with van der Waals surface area (Å²) in [6, 6.07) is 14.5. The van der Waals surface area contributed by atoms with Gasteiger partial charge in [-0.2, -0.15) is 0 Å². The minimum absolute atomic E-state index is 0.00990. The molecule has 24 heavy (non-hydrogen) atoms. The summed E-state index contributed by atoms with van der Waals surface area (Å²) in [5, 5.41) is 4.02. The second-order valence-corrected chi connectivity index (χ2v) is 5.99. The number of H-pyrrole nitrogens is 1. The smallest absolute Gasteiger partial charge is 0.216 e. The van der Waals surface area contributed by atoms with E-state index < -0.39 is 0 Å². The second-order valence-electron chi connectivity index (χ2n) is 5.99. The molecule has 4 nitrogen and oxygen atoms in total. The monoisotopic (exact) mass is 322 g/mol. The van der Waals surface area contributed by atoms with Crippen molar-refractivity contribution in [3.05, 3.63) is 53.6 Å². The van der Waals surface area contributed by atoms with Gasteiger partial charge in [0.05, 0.1) is 7.11 Å². The molecular formula is C20H22N2O2. The Morgan fingerprint density at radius 1 is 1.17 bits per heavy atom. The van der Waals surface area contributed by atoms with Gasteiger partial charge >= 0.3 is 0 Å². The average Bonchev–Trinajstić information content (AvgIpc) is 2.93. The van der Waals surface area contributed by atoms with Crippen LogP contribution in [0.15, 0.2) is 42.5 Å². The zero-order valence-electron chi connectivity index (χ0n) is 14.3. The maximum absolute atomic E-state index is 11.2. The molecule has 124 valence electrons. The van der Waals surface area contributed by atoms with Crippen molar-refractivity contribution in [1.29, 1.82) is 0 Å². The number of ether oxygens (including phenoxy) is 1. The van der Waals surface area contributed by atoms with E-state index in [2.05, 4.69) is 41.5 Å². The molecule has 3 aromatic rings. The number of fused-ring (bicyclic) bond motifs is 1. The predicted octanol–water partition coefficient (Wildman–Crippen LogP) is 3.83. The van der Waals surface area contributed by atoms with Crippen LogP contribution in [0.3, 0.4) is 0 Å². The van der Waals surface area contributed by atoms with Gasteiger partial charge in [-0.05, 0) is 42.7 Å². The summed E-state index contributed by atoms with van der Waals surface area (Å²) in [7, 11) is 1.67. The van der Waals surface area contributed by atoms with Crippen molar-refractivity contribution in [1.82, 2.24) is 10.3 Å². The van der Waals surface area contributed by atoms with E-state index in [1.54, 1.807) is 14.0 Å². The van der Waals surface area contributed by atoms with Gasteiger partial charge in [0.15, 0.2) is 0 Å². The molecule has 0 spiro atoms. The van der Waals surface area contributed by atoms with E-state index in [1.165, 1.54) is 11.1 Å². The highest BCUT2D eigenvalue weighted by Crippen LogP contribution is 2.33. The lowest BCUT2D eigenvalue weighted by Gasteiger charge is -2.07. The van der Waals surface area contributed by atoms with Crippen LogP contribution in [0.25, 0.3) is 22.2 Å². The molecule has 0 atom stereocenters. The molecule has 2 aromatic carbocycles. The lowest BCUT2D eigenvalue weighted by molar-refractivity contribution is -0.118. The van der Waals surface area contributed by atoms with Gasteiger partial charge in [0.25, 0.3) is 0 Å². The van der Waals surface area contributed by atoms with Crippen LogP contribution in [0, 0.1) is 6.92 Å². The molecule has 0 fully saturated rings. The number of aromatic nitrogens is 1. The average molecular weight is 322 g/mol. The largest absolute Gasteiger partial charge is 0.497 e. The molecule has 0 aliphatic rings. The van der Waals surface area contributed by atoms with E-state index in [9.17, 15) is 4.79 Å². The zero-order chi connectivity index (χ0) is 17.1. The highest BCUT2D eigenvalue weighted by Gasteiger charge is 2.14. The summed E-state index contributed by atoms with van der Waals surface area (Å²) < 4.78 is 5.37. The molecule has 0 saturated heterocycles. The number of rotatable bonds is 5. The van der Waals surface area contributed by atoms with Gasteiger partial charge in [-0.1, -0.05) is 29.8 Å². The number of hydrogen-bond donors (Lipinski definition) is 2. The number of hydrogen-bond acceptors (Lipinski definition) is 2. The van der Waals surface area contributed by atoms with E-state index in [4.69, 9.17) is 4.74 Å². The first kappa shape index (κ1) is 16.1. The first-order valence-electron chi connectivity index (χ1n) is 8.08. The molecule has 1 amide bonds. The summed E-state index contributed by atoms with van der Waals surface area (Å²) in [5.41, 5.74) is 5.75. The fourth-order valence-corrected chi connectivity index (χ4v) is 2.94. The molecule has 2 N–H and O–H groups in total. The Kier molecular flexibility index (Phi) is 4.56. The maximum Gasteiger partial charge on any atom is 0.216 e. The van der Waals surface area contributed by atoms with Gasteiger partial charge in [0.1, 0.15) is 5.75 Å². The van der Waals surface area contributed by atoms with Crippen molar-refractivity contribution in [3.8, 4) is 17.0 Å². The Bertz CT molecular complexity index is 863. The molecule has 0 saturated carbocycles. The highest BCUT2D eigenvalue weighted by atomic mass is 16.5. The summed E-state index contributed by atoms with van der Waals surface area (Å²) in [6.45, 7) is 4.23. The van der Waals surface area contributed by atoms with Gasteiger partial charge in [-0.25, -0.2) is 0 Å². The van der Waals surface area contributed by atoms with E-state index in [0.29, 0.717) is 6.54 Å². The third-order valence-electron chi connectivity index (χ3n) is 4.20. The molecule has 0 radical (unpaired) electrons. The fraction of sp³-hybridized carbons (Fsp3) is 0.250. The van der Waals surface area contributed by atoms with Gasteiger partial charge < -0.3 is 15.0 Å². The van der Waals surface area contributed by atoms with Gasteiger partial charge in [0, 0.05) is 30.1 Å². The van der Waals surface area contributed by atoms with Gasteiger partial charge in [0.2, 0.25) is 5.91 Å². The van der Waals surface area contributed by atoms with Crippen molar-refractivity contribution in [2.45, 2.75) is 20.3 Å². The Labute approximate surface area is 141 Å². The third-order valence-corrected chi connectivity index (χ3v) is 4.20. The number of nitrogens with one attached hydrogen (secondary N) is 2. The molecule has 4 heteroatoms. The summed E-state index contributed by atoms with van der Waals surface area (Å²) in [6.07, 6.45) is 0.760. The molecule has 0 unspecified atom stereocenters. The quantitative estimate of drug-likeness (QED) is 0.750. The van der Waals surface area contributed by atoms with Crippen molar-refractivity contribution in [3.63, 3.8) is 0 Å². The van der Waals surface area contributed by atoms with Gasteiger partial charge in [-0.3, -0.25) is 4.79 Å². The summed E-state index contributed by atoms with van der Waals surface area (Å²) >= 11 is 0. The molecule has 1 heterocycles. The number of aryl methyl sites for hydroxylation is 1. The van der Waals surface area contributed by atoms with Crippen molar-refractivity contribution >= 4 is 16.8 Å². The van der Waals surface area contributed by atoms with Crippen LogP contribution < -0.4 is 10.1 Å². The van der Waals surface area contributed by atoms with Crippen LogP contribution in [0.4, 0.5) is 0 Å². The normalized spacial score (nSPS) is 10.8. The SMILES string of the molecule is COc1ccc2[nH]c(-c3ccc(C)cc3)c(CCNC(C)=O)c2c1. The molecule has 3 rings (SSSR count). The minimum atomic E-state index is -0.00990.